The van der Waals surface area contributed by atoms with E-state index < -0.39 is 14.9 Å². The largest absolute Gasteiger partial charge is 0.453 e. The van der Waals surface area contributed by atoms with Crippen molar-refractivity contribution in [2.75, 3.05) is 4.72 Å². The highest BCUT2D eigenvalue weighted by Crippen LogP contribution is 2.41. The number of sulfonamides is 1. The van der Waals surface area contributed by atoms with Crippen LogP contribution in [0.3, 0.4) is 0 Å². The van der Waals surface area contributed by atoms with Crippen molar-refractivity contribution in [1.82, 2.24) is 0 Å². The van der Waals surface area contributed by atoms with E-state index in [0.29, 0.717) is 5.02 Å². The van der Waals surface area contributed by atoms with E-state index in [0.717, 1.165) is 24.3 Å². The molecule has 0 bridgehead atoms. The number of benzene rings is 3. The fourth-order valence-electron chi connectivity index (χ4n) is 2.35. The summed E-state index contributed by atoms with van der Waals surface area (Å²) in [7, 11) is -4.04. The summed E-state index contributed by atoms with van der Waals surface area (Å²) in [6.07, 6.45) is 0. The molecule has 0 spiro atoms. The lowest BCUT2D eigenvalue weighted by Crippen LogP contribution is -2.13. The highest BCUT2D eigenvalue weighted by Gasteiger charge is 2.19. The number of nitro groups is 1. The van der Waals surface area contributed by atoms with Crippen molar-refractivity contribution in [3.63, 3.8) is 0 Å². The summed E-state index contributed by atoms with van der Waals surface area (Å²) < 4.78 is 33.0. The van der Waals surface area contributed by atoms with E-state index in [4.69, 9.17) is 51.1 Å². The second kappa shape index (κ2) is 8.87. The summed E-state index contributed by atoms with van der Waals surface area (Å²) in [6, 6.07) is 11.6. The van der Waals surface area contributed by atoms with Gasteiger partial charge in [0.2, 0.25) is 0 Å². The first-order valence-corrected chi connectivity index (χ1v) is 11.0. The molecular formula is C18H10Cl4N2O5S. The Morgan fingerprint density at radius 1 is 0.867 bits per heavy atom. The van der Waals surface area contributed by atoms with Crippen LogP contribution in [0.4, 0.5) is 11.4 Å². The molecule has 7 nitrogen and oxygen atoms in total. The number of rotatable bonds is 6. The fraction of sp³-hybridized carbons (Fsp3) is 0. The van der Waals surface area contributed by atoms with E-state index in [1.165, 1.54) is 24.3 Å². The smallest absolute Gasteiger partial charge is 0.269 e. The lowest BCUT2D eigenvalue weighted by atomic mass is 10.3. The first-order chi connectivity index (χ1) is 14.1. The van der Waals surface area contributed by atoms with E-state index in [1.807, 2.05) is 0 Å². The number of nitro benzene ring substituents is 1. The molecule has 0 amide bonds. The SMILES string of the molecule is O=[N+]([O-])c1ccc(S(=O)(=O)Nc2cc(Cl)c(Oc3ccc(Cl)cc3Cl)c(Cl)c2)cc1. The van der Waals surface area contributed by atoms with Gasteiger partial charge in [-0.15, -0.1) is 0 Å². The molecule has 0 heterocycles. The van der Waals surface area contributed by atoms with E-state index in [2.05, 4.69) is 4.72 Å². The predicted molar refractivity (Wildman–Crippen MR) is 117 cm³/mol. The zero-order valence-electron chi connectivity index (χ0n) is 14.6. The molecule has 30 heavy (non-hydrogen) atoms. The highest BCUT2D eigenvalue weighted by atomic mass is 35.5. The molecule has 3 aromatic carbocycles. The number of non-ortho nitro benzene ring substituents is 1. The third-order valence-electron chi connectivity index (χ3n) is 3.71. The number of halogens is 4. The van der Waals surface area contributed by atoms with Gasteiger partial charge in [0.15, 0.2) is 5.75 Å². The van der Waals surface area contributed by atoms with Crippen molar-refractivity contribution in [2.24, 2.45) is 0 Å². The van der Waals surface area contributed by atoms with Gasteiger partial charge in [-0.25, -0.2) is 8.42 Å². The first-order valence-electron chi connectivity index (χ1n) is 7.96. The number of hydrogen-bond acceptors (Lipinski definition) is 5. The Kier molecular flexibility index (Phi) is 6.64. The molecule has 0 unspecified atom stereocenters. The lowest BCUT2D eigenvalue weighted by Gasteiger charge is -2.14. The Morgan fingerprint density at radius 3 is 2.00 bits per heavy atom. The molecule has 0 atom stereocenters. The summed E-state index contributed by atoms with van der Waals surface area (Å²) in [4.78, 5) is 9.91. The van der Waals surface area contributed by atoms with Gasteiger partial charge in [0.1, 0.15) is 5.75 Å². The quantitative estimate of drug-likeness (QED) is 0.292. The van der Waals surface area contributed by atoms with E-state index >= 15 is 0 Å². The molecule has 0 aliphatic carbocycles. The van der Waals surface area contributed by atoms with E-state index in [1.54, 1.807) is 6.07 Å². The Hall–Kier alpha value is -2.23. The summed E-state index contributed by atoms with van der Waals surface area (Å²) in [6.45, 7) is 0. The average molecular weight is 508 g/mol. The molecule has 156 valence electrons. The zero-order valence-corrected chi connectivity index (χ0v) is 18.4. The summed E-state index contributed by atoms with van der Waals surface area (Å²) in [5, 5.41) is 11.4. The normalized spacial score (nSPS) is 11.2. The molecule has 0 radical (unpaired) electrons. The average Bonchev–Trinajstić information content (AvgIpc) is 2.66. The van der Waals surface area contributed by atoms with Crippen molar-refractivity contribution in [2.45, 2.75) is 4.90 Å². The minimum Gasteiger partial charge on any atom is -0.453 e. The van der Waals surface area contributed by atoms with Gasteiger partial charge in [0, 0.05) is 17.2 Å². The second-order valence-electron chi connectivity index (χ2n) is 5.80. The van der Waals surface area contributed by atoms with Crippen LogP contribution in [0.5, 0.6) is 11.5 Å². The summed E-state index contributed by atoms with van der Waals surface area (Å²) >= 11 is 24.3. The molecule has 3 aromatic rings. The van der Waals surface area contributed by atoms with Gasteiger partial charge in [-0.2, -0.15) is 0 Å². The van der Waals surface area contributed by atoms with Crippen LogP contribution in [0.15, 0.2) is 59.5 Å². The Morgan fingerprint density at radius 2 is 1.47 bits per heavy atom. The molecule has 0 aromatic heterocycles. The Balaban J connectivity index is 1.86. The molecule has 0 aliphatic rings. The van der Waals surface area contributed by atoms with Crippen molar-refractivity contribution in [3.05, 3.63) is 84.8 Å². The van der Waals surface area contributed by atoms with Crippen LogP contribution in [0.1, 0.15) is 0 Å². The van der Waals surface area contributed by atoms with Crippen LogP contribution in [0.25, 0.3) is 0 Å². The number of hydrogen-bond donors (Lipinski definition) is 1. The number of nitrogens with one attached hydrogen (secondary N) is 1. The standard InChI is InChI=1S/C18H10Cl4N2O5S/c19-10-1-6-17(14(20)7-10)29-18-15(21)8-11(9-16(18)22)23-30(27,28)13-4-2-12(3-5-13)24(25)26/h1-9,23H. The van der Waals surface area contributed by atoms with Crippen molar-refractivity contribution >= 4 is 67.8 Å². The maximum Gasteiger partial charge on any atom is 0.269 e. The minimum absolute atomic E-state index is 0.0231. The molecule has 0 fully saturated rings. The molecule has 0 aliphatic heterocycles. The van der Waals surface area contributed by atoms with Gasteiger partial charge in [-0.3, -0.25) is 14.8 Å². The Bertz CT molecular complexity index is 1210. The maximum absolute atomic E-state index is 12.5. The molecule has 3 rings (SSSR count). The van der Waals surface area contributed by atoms with Crippen molar-refractivity contribution in [3.8, 4) is 11.5 Å². The monoisotopic (exact) mass is 506 g/mol. The highest BCUT2D eigenvalue weighted by molar-refractivity contribution is 7.92. The van der Waals surface area contributed by atoms with Gasteiger partial charge in [0.25, 0.3) is 15.7 Å². The van der Waals surface area contributed by atoms with Gasteiger partial charge in [-0.05, 0) is 42.5 Å². The molecule has 0 saturated carbocycles. The lowest BCUT2D eigenvalue weighted by molar-refractivity contribution is -0.384. The third kappa shape index (κ3) is 5.08. The van der Waals surface area contributed by atoms with Gasteiger partial charge in [0.05, 0.1) is 30.6 Å². The molecule has 12 heteroatoms. The topological polar surface area (TPSA) is 98.5 Å². The van der Waals surface area contributed by atoms with Crippen LogP contribution in [-0.4, -0.2) is 13.3 Å². The van der Waals surface area contributed by atoms with Crippen molar-refractivity contribution < 1.29 is 18.1 Å². The molecular weight excluding hydrogens is 498 g/mol. The van der Waals surface area contributed by atoms with Gasteiger partial charge >= 0.3 is 0 Å². The third-order valence-corrected chi connectivity index (χ3v) is 6.20. The van der Waals surface area contributed by atoms with Gasteiger partial charge in [-0.1, -0.05) is 46.4 Å². The number of anilines is 1. The van der Waals surface area contributed by atoms with Gasteiger partial charge < -0.3 is 4.74 Å². The van der Waals surface area contributed by atoms with Crippen LogP contribution in [0.2, 0.25) is 20.1 Å². The summed E-state index contributed by atoms with van der Waals surface area (Å²) in [5.41, 5.74) is -0.166. The Labute approximate surface area is 191 Å². The minimum atomic E-state index is -4.04. The number of nitrogens with zero attached hydrogens (tertiary/aromatic N) is 1. The predicted octanol–water partition coefficient (Wildman–Crippen LogP) is 6.80. The molecule has 0 saturated heterocycles. The number of ether oxygens (including phenoxy) is 1. The van der Waals surface area contributed by atoms with E-state index in [9.17, 15) is 18.5 Å². The fourth-order valence-corrected chi connectivity index (χ4v) is 4.40. The second-order valence-corrected chi connectivity index (χ2v) is 9.14. The maximum atomic E-state index is 12.5. The van der Waals surface area contributed by atoms with Crippen LogP contribution in [0, 0.1) is 10.1 Å². The van der Waals surface area contributed by atoms with Crippen LogP contribution < -0.4 is 9.46 Å². The van der Waals surface area contributed by atoms with Crippen molar-refractivity contribution in [1.29, 1.82) is 0 Å². The van der Waals surface area contributed by atoms with Crippen LogP contribution >= 0.6 is 46.4 Å². The van der Waals surface area contributed by atoms with E-state index in [-0.39, 0.29) is 42.8 Å². The molecule has 1 N–H and O–H groups in total. The summed E-state index contributed by atoms with van der Waals surface area (Å²) in [5.74, 6) is 0.324. The van der Waals surface area contributed by atoms with Crippen LogP contribution in [-0.2, 0) is 10.0 Å². The zero-order chi connectivity index (χ0) is 22.1. The first kappa shape index (κ1) is 22.5.